The largest absolute Gasteiger partial charge is 0.461 e. The predicted octanol–water partition coefficient (Wildman–Crippen LogP) is 0.762. The Labute approximate surface area is 135 Å². The number of piperidine rings is 1. The average molecular weight is 290 g/mol. The molecule has 0 aromatic rings. The van der Waals surface area contributed by atoms with E-state index >= 15 is 0 Å². The molecule has 18 heavy (non-hydrogen) atoms. The molecule has 1 saturated carbocycles. The van der Waals surface area contributed by atoms with Crippen molar-refractivity contribution >= 4 is 17.6 Å². The maximum absolute atomic E-state index is 13.1. The molecule has 2 heterocycles. The SMILES string of the molecule is [2H]N1C([2H])([2H])C([2H])([2H])C2([2H])C([2H])(C(=O)OC3([2H])C([2H])(C)C([2H])(O)C([2H])([2H])C([2H])(Cl)C32[2H])C1([2H])[2H]. The van der Waals surface area contributed by atoms with Gasteiger partial charge in [0.15, 0.2) is 0 Å². The van der Waals surface area contributed by atoms with E-state index in [1.54, 1.807) is 0 Å². The van der Waals surface area contributed by atoms with Crippen LogP contribution in [0.15, 0.2) is 0 Å². The number of ether oxygens (including phenoxy) is 1. The Balaban J connectivity index is 2.67. The standard InChI is InChI=1S/C13H20ClNO3/c1-6-10(16)4-9(14)11-7-2-3-15-5-8(7)13(17)18-12(6)11/h6-12,15-16H,2-5H2,1H3/i2D2,3D2,4D2,5D2,6D,7D,8D,9D,10D,11D,12D/hD. The van der Waals surface area contributed by atoms with E-state index in [1.165, 1.54) is 0 Å². The second-order valence-corrected chi connectivity index (χ2v) is 4.09. The molecule has 0 spiro atoms. The zero-order chi connectivity index (χ0) is 27.4. The van der Waals surface area contributed by atoms with Gasteiger partial charge < -0.3 is 15.2 Å². The van der Waals surface area contributed by atoms with Crippen molar-refractivity contribution < 1.29 is 36.6 Å². The number of carbonyl (C=O) groups is 1. The molecule has 5 heteroatoms. The van der Waals surface area contributed by atoms with E-state index in [0.717, 1.165) is 0 Å². The first-order valence-electron chi connectivity index (χ1n) is 12.9. The third-order valence-electron chi connectivity index (χ3n) is 2.67. The molecule has 0 radical (unpaired) electrons. The van der Waals surface area contributed by atoms with Gasteiger partial charge in [-0.15, -0.1) is 11.6 Å². The van der Waals surface area contributed by atoms with Crippen molar-refractivity contribution in [3.8, 4) is 0 Å². The van der Waals surface area contributed by atoms with Gasteiger partial charge >= 0.3 is 5.97 Å². The molecule has 0 bridgehead atoms. The monoisotopic (exact) mass is 289 g/mol. The second-order valence-electron chi connectivity index (χ2n) is 3.72. The summed E-state index contributed by atoms with van der Waals surface area (Å²) < 4.78 is 138. The molecule has 2 aliphatic heterocycles. The van der Waals surface area contributed by atoms with Gasteiger partial charge in [-0.3, -0.25) is 4.79 Å². The van der Waals surface area contributed by atoms with E-state index in [0.29, 0.717) is 6.92 Å². The van der Waals surface area contributed by atoms with Crippen LogP contribution in [0.3, 0.4) is 0 Å². The van der Waals surface area contributed by atoms with Crippen LogP contribution in [0, 0.1) is 23.6 Å². The quantitative estimate of drug-likeness (QED) is 0.511. The van der Waals surface area contributed by atoms with Crippen molar-refractivity contribution in [2.24, 2.45) is 23.6 Å². The van der Waals surface area contributed by atoms with Crippen LogP contribution in [0.2, 0.25) is 1.41 Å². The Morgan fingerprint density at radius 3 is 3.28 bits per heavy atom. The molecule has 7 unspecified atom stereocenters. The van der Waals surface area contributed by atoms with E-state index in [1.807, 2.05) is 0 Å². The van der Waals surface area contributed by atoms with E-state index in [2.05, 4.69) is 0 Å². The van der Waals surface area contributed by atoms with Gasteiger partial charge in [-0.05, 0) is 25.1 Å². The summed E-state index contributed by atoms with van der Waals surface area (Å²) in [5, 5.41) is 5.72. The summed E-state index contributed by atoms with van der Waals surface area (Å²) in [6, 6.07) is 0. The van der Waals surface area contributed by atoms with Crippen LogP contribution in [0.1, 0.15) is 40.2 Å². The second kappa shape index (κ2) is 4.66. The topological polar surface area (TPSA) is 58.6 Å². The minimum absolute atomic E-state index is 0.409. The molecule has 3 aliphatic rings. The number of esters is 1. The number of alkyl halides is 1. The zero-order valence-electron chi connectivity index (χ0n) is 25.1. The number of hydrogen-bond acceptors (Lipinski definition) is 4. The van der Waals surface area contributed by atoms with Gasteiger partial charge in [0.05, 0.1) is 14.7 Å². The third kappa shape index (κ3) is 1.86. The minimum Gasteiger partial charge on any atom is -0.461 e. The molecule has 102 valence electrons. The first-order chi connectivity index (χ1) is 14.5. The van der Waals surface area contributed by atoms with Crippen molar-refractivity contribution in [2.45, 2.75) is 37.2 Å². The van der Waals surface area contributed by atoms with Crippen molar-refractivity contribution in [3.05, 3.63) is 0 Å². The molecule has 7 atom stereocenters. The molecular weight excluding hydrogens is 254 g/mol. The lowest BCUT2D eigenvalue weighted by atomic mass is 9.64. The van der Waals surface area contributed by atoms with Crippen LogP contribution < -0.4 is 5.31 Å². The fraction of sp³-hybridized carbons (Fsp3) is 0.923. The number of hydrogen-bond donors (Lipinski definition) is 2. The molecule has 0 amide bonds. The first kappa shape index (κ1) is 3.86. The summed E-state index contributed by atoms with van der Waals surface area (Å²) in [4.78, 5) is 13.1. The fourth-order valence-electron chi connectivity index (χ4n) is 1.77. The van der Waals surface area contributed by atoms with Gasteiger partial charge in [0.25, 0.3) is 0 Å². The van der Waals surface area contributed by atoms with Crippen LogP contribution in [-0.2, 0) is 9.53 Å². The number of aliphatic hydroxyl groups is 1. The van der Waals surface area contributed by atoms with Gasteiger partial charge in [0.2, 0.25) is 0 Å². The average Bonchev–Trinajstić information content (AvgIpc) is 2.67. The maximum Gasteiger partial charge on any atom is 0.310 e. The first-order valence-corrected chi connectivity index (χ1v) is 5.35. The summed E-state index contributed by atoms with van der Waals surface area (Å²) in [5.41, 5.74) is 0. The van der Waals surface area contributed by atoms with Gasteiger partial charge in [0, 0.05) is 41.5 Å². The highest BCUT2D eigenvalue weighted by Crippen LogP contribution is 2.47. The van der Waals surface area contributed by atoms with Gasteiger partial charge in [-0.25, -0.2) is 0 Å². The molecule has 0 aromatic carbocycles. The number of nitrogens with one attached hydrogen (secondary N) is 1. The smallest absolute Gasteiger partial charge is 0.310 e. The van der Waals surface area contributed by atoms with Gasteiger partial charge in [-0.1, -0.05) is 6.92 Å². The van der Waals surface area contributed by atoms with Crippen LogP contribution in [0.25, 0.3) is 0 Å². The van der Waals surface area contributed by atoms with Crippen molar-refractivity contribution in [2.75, 3.05) is 13.0 Å². The summed E-state index contributed by atoms with van der Waals surface area (Å²) >= 11 is 6.00. The normalized spacial score (nSPS) is 106. The van der Waals surface area contributed by atoms with Crippen molar-refractivity contribution in [1.29, 1.82) is 0 Å². The Bertz CT molecular complexity index is 974. The third-order valence-corrected chi connectivity index (χ3v) is 2.96. The van der Waals surface area contributed by atoms with Crippen LogP contribution in [-0.4, -0.2) is 41.6 Å². The number of halogens is 1. The minimum atomic E-state index is -4.40. The molecular formula is C13H20ClNO3. The van der Waals surface area contributed by atoms with Crippen LogP contribution >= 0.6 is 11.6 Å². The lowest BCUT2D eigenvalue weighted by molar-refractivity contribution is -0.190. The van der Waals surface area contributed by atoms with Crippen molar-refractivity contribution in [1.82, 2.24) is 5.31 Å². The maximum atomic E-state index is 13.1. The highest BCUT2D eigenvalue weighted by Gasteiger charge is 2.54. The lowest BCUT2D eigenvalue weighted by Crippen LogP contribution is -2.60. The molecule has 3 rings (SSSR count). The number of rotatable bonds is 0. The molecule has 1 aliphatic carbocycles. The Kier molecular flexibility index (Phi) is 0.999. The molecule has 3 fully saturated rings. The Hall–Kier alpha value is -0.320. The Morgan fingerprint density at radius 2 is 2.50 bits per heavy atom. The highest BCUT2D eigenvalue weighted by molar-refractivity contribution is 6.21. The number of carbonyl (C=O) groups excluding carboxylic acids is 1. The fourth-order valence-corrected chi connectivity index (χ4v) is 2.04. The summed E-state index contributed by atoms with van der Waals surface area (Å²) in [7, 11) is 0. The summed E-state index contributed by atoms with van der Waals surface area (Å²) in [6.45, 7) is -7.57. The summed E-state index contributed by atoms with van der Waals surface area (Å²) in [5.74, 6) is -18.8. The van der Waals surface area contributed by atoms with Crippen LogP contribution in [0.4, 0.5) is 0 Å². The molecule has 4 nitrogen and oxygen atoms in total. The van der Waals surface area contributed by atoms with E-state index in [-0.39, 0.29) is 0 Å². The molecule has 2 N–H and O–H groups in total. The number of fused-ring (bicyclic) bond motifs is 3. The zero-order valence-corrected chi connectivity index (χ0v) is 9.84. The lowest BCUT2D eigenvalue weighted by Gasteiger charge is -2.51. The van der Waals surface area contributed by atoms with Gasteiger partial charge in [0.1, 0.15) is 7.49 Å². The highest BCUT2D eigenvalue weighted by atomic mass is 35.5. The predicted molar refractivity (Wildman–Crippen MR) is 67.3 cm³/mol. The van der Waals surface area contributed by atoms with Crippen molar-refractivity contribution in [3.63, 3.8) is 0 Å². The van der Waals surface area contributed by atoms with E-state index < -0.39 is 78.1 Å². The summed E-state index contributed by atoms with van der Waals surface area (Å²) in [6.07, 6.45) is -16.2. The van der Waals surface area contributed by atoms with Gasteiger partial charge in [-0.2, -0.15) is 0 Å². The van der Waals surface area contributed by atoms with Crippen LogP contribution in [0.5, 0.6) is 0 Å². The van der Waals surface area contributed by atoms with E-state index in [9.17, 15) is 9.90 Å². The van der Waals surface area contributed by atoms with E-state index in [4.69, 9.17) is 38.3 Å². The molecule has 0 aromatic heterocycles. The Morgan fingerprint density at radius 1 is 1.72 bits per heavy atom. The molecule has 2 saturated heterocycles.